The third-order valence-corrected chi connectivity index (χ3v) is 7.14. The van der Waals surface area contributed by atoms with Crippen molar-refractivity contribution in [3.63, 3.8) is 0 Å². The number of amides is 2. The molecule has 2 amide bonds. The van der Waals surface area contributed by atoms with Gasteiger partial charge in [-0.2, -0.15) is 13.2 Å². The highest BCUT2D eigenvalue weighted by Gasteiger charge is 2.40. The fourth-order valence-electron chi connectivity index (χ4n) is 4.71. The average Bonchev–Trinajstić information content (AvgIpc) is 2.93. The van der Waals surface area contributed by atoms with Gasteiger partial charge in [-0.1, -0.05) is 30.3 Å². The summed E-state index contributed by atoms with van der Waals surface area (Å²) in [4.78, 5) is 29.5. The van der Waals surface area contributed by atoms with Gasteiger partial charge < -0.3 is 14.5 Å². The van der Waals surface area contributed by atoms with Gasteiger partial charge in [-0.05, 0) is 66.9 Å². The van der Waals surface area contributed by atoms with E-state index in [9.17, 15) is 27.2 Å². The predicted octanol–water partition coefficient (Wildman–Crippen LogP) is 6.19. The lowest BCUT2D eigenvalue weighted by Gasteiger charge is -2.42. The van der Waals surface area contributed by atoms with Crippen molar-refractivity contribution in [1.29, 1.82) is 0 Å². The van der Waals surface area contributed by atoms with E-state index < -0.39 is 17.2 Å². The minimum atomic E-state index is -4.48. The number of hydrogen-bond acceptors (Lipinski definition) is 3. The highest BCUT2D eigenvalue weighted by molar-refractivity contribution is 5.94. The predicted molar refractivity (Wildman–Crippen MR) is 138 cm³/mol. The molecule has 5 nitrogen and oxygen atoms in total. The molecule has 3 aromatic carbocycles. The zero-order chi connectivity index (χ0) is 28.0. The van der Waals surface area contributed by atoms with Crippen LogP contribution < -0.4 is 4.74 Å². The normalized spacial score (nSPS) is 15.1. The van der Waals surface area contributed by atoms with E-state index in [2.05, 4.69) is 0 Å². The zero-order valence-corrected chi connectivity index (χ0v) is 21.6. The van der Waals surface area contributed by atoms with Gasteiger partial charge in [-0.15, -0.1) is 0 Å². The summed E-state index contributed by atoms with van der Waals surface area (Å²) in [5, 5.41) is 0. The molecule has 39 heavy (non-hydrogen) atoms. The number of carbonyl (C=O) groups excluding carboxylic acids is 2. The van der Waals surface area contributed by atoms with Crippen molar-refractivity contribution in [3.8, 4) is 5.75 Å². The Morgan fingerprint density at radius 2 is 1.54 bits per heavy atom. The lowest BCUT2D eigenvalue weighted by Crippen LogP contribution is -2.47. The molecule has 1 aliphatic rings. The Kier molecular flexibility index (Phi) is 8.57. The Hall–Kier alpha value is -3.88. The van der Waals surface area contributed by atoms with Crippen LogP contribution in [0.25, 0.3) is 0 Å². The molecule has 4 rings (SSSR count). The van der Waals surface area contributed by atoms with Crippen LogP contribution in [0.2, 0.25) is 0 Å². The zero-order valence-electron chi connectivity index (χ0n) is 21.6. The first kappa shape index (κ1) is 28.1. The van der Waals surface area contributed by atoms with Crippen LogP contribution in [-0.4, -0.2) is 48.4 Å². The van der Waals surface area contributed by atoms with Crippen LogP contribution in [-0.2, 0) is 17.5 Å². The first-order chi connectivity index (χ1) is 18.5. The smallest absolute Gasteiger partial charge is 0.416 e. The number of nitrogens with zero attached hydrogens (tertiary/aromatic N) is 2. The summed E-state index contributed by atoms with van der Waals surface area (Å²) in [5.74, 6) is -0.331. The highest BCUT2D eigenvalue weighted by atomic mass is 19.4. The Labute approximate surface area is 225 Å². The van der Waals surface area contributed by atoms with Crippen LogP contribution in [0.3, 0.4) is 0 Å². The number of benzene rings is 3. The summed E-state index contributed by atoms with van der Waals surface area (Å²) in [6.07, 6.45) is -3.35. The average molecular weight is 543 g/mol. The second-order valence-electron chi connectivity index (χ2n) is 10.0. The molecule has 0 saturated carbocycles. The summed E-state index contributed by atoms with van der Waals surface area (Å²) in [6.45, 7) is 1.30. The molecule has 0 spiro atoms. The Morgan fingerprint density at radius 3 is 2.13 bits per heavy atom. The summed E-state index contributed by atoms with van der Waals surface area (Å²) in [5.41, 5.74) is -0.209. The van der Waals surface area contributed by atoms with Gasteiger partial charge in [0.25, 0.3) is 5.91 Å². The van der Waals surface area contributed by atoms with Crippen molar-refractivity contribution in [2.45, 2.75) is 32.0 Å². The molecule has 0 aromatic heterocycles. The van der Waals surface area contributed by atoms with E-state index >= 15 is 0 Å². The van der Waals surface area contributed by atoms with Crippen molar-refractivity contribution < 1.29 is 31.9 Å². The molecule has 1 saturated heterocycles. The monoisotopic (exact) mass is 542 g/mol. The molecule has 1 aliphatic heterocycles. The summed E-state index contributed by atoms with van der Waals surface area (Å²) in [6, 6.07) is 19.4. The summed E-state index contributed by atoms with van der Waals surface area (Å²) < 4.78 is 58.0. The summed E-state index contributed by atoms with van der Waals surface area (Å²) >= 11 is 0. The molecule has 0 radical (unpaired) electrons. The van der Waals surface area contributed by atoms with Crippen molar-refractivity contribution in [2.24, 2.45) is 5.41 Å². The number of ether oxygens (including phenoxy) is 1. The van der Waals surface area contributed by atoms with Crippen molar-refractivity contribution in [2.75, 3.05) is 26.7 Å². The lowest BCUT2D eigenvalue weighted by atomic mass is 9.75. The largest absolute Gasteiger partial charge is 0.493 e. The van der Waals surface area contributed by atoms with Crippen molar-refractivity contribution in [3.05, 3.63) is 101 Å². The Morgan fingerprint density at radius 1 is 0.923 bits per heavy atom. The number of hydrogen-bond donors (Lipinski definition) is 0. The van der Waals surface area contributed by atoms with E-state index in [0.29, 0.717) is 38.2 Å². The van der Waals surface area contributed by atoms with Gasteiger partial charge in [0.15, 0.2) is 0 Å². The number of rotatable bonds is 8. The van der Waals surface area contributed by atoms with Crippen LogP contribution in [0.5, 0.6) is 5.75 Å². The van der Waals surface area contributed by atoms with Crippen LogP contribution in [0.4, 0.5) is 17.6 Å². The molecule has 0 aliphatic carbocycles. The molecular weight excluding hydrogens is 512 g/mol. The highest BCUT2D eigenvalue weighted by Crippen LogP contribution is 2.37. The van der Waals surface area contributed by atoms with E-state index in [0.717, 1.165) is 17.7 Å². The second kappa shape index (κ2) is 11.9. The maximum absolute atomic E-state index is 13.3. The molecule has 1 heterocycles. The van der Waals surface area contributed by atoms with Gasteiger partial charge >= 0.3 is 6.18 Å². The van der Waals surface area contributed by atoms with Crippen molar-refractivity contribution >= 4 is 11.8 Å². The van der Waals surface area contributed by atoms with E-state index in [1.807, 2.05) is 30.3 Å². The SMILES string of the molecule is CN(Cc1ccccc1)C(=O)CC1(COc2ccc(F)cc2)CCN(C(=O)c2ccc(C(F)(F)F)cc2)CC1. The van der Waals surface area contributed by atoms with Gasteiger partial charge in [0, 0.05) is 44.1 Å². The maximum Gasteiger partial charge on any atom is 0.416 e. The van der Waals surface area contributed by atoms with Gasteiger partial charge in [-0.3, -0.25) is 9.59 Å². The molecule has 0 unspecified atom stereocenters. The molecular formula is C30H30F4N2O3. The van der Waals surface area contributed by atoms with Gasteiger partial charge in [-0.25, -0.2) is 4.39 Å². The number of likely N-dealkylation sites (tertiary alicyclic amines) is 1. The number of carbonyl (C=O) groups is 2. The van der Waals surface area contributed by atoms with E-state index in [-0.39, 0.29) is 36.2 Å². The number of piperidine rings is 1. The Balaban J connectivity index is 1.45. The molecule has 0 atom stereocenters. The second-order valence-corrected chi connectivity index (χ2v) is 10.0. The topological polar surface area (TPSA) is 49.9 Å². The molecule has 3 aromatic rings. The molecule has 0 bridgehead atoms. The van der Waals surface area contributed by atoms with E-state index in [4.69, 9.17) is 4.74 Å². The first-order valence-electron chi connectivity index (χ1n) is 12.7. The number of alkyl halides is 3. The molecule has 1 fully saturated rings. The van der Waals surface area contributed by atoms with Gasteiger partial charge in [0.2, 0.25) is 5.91 Å². The summed E-state index contributed by atoms with van der Waals surface area (Å²) in [7, 11) is 1.74. The quantitative estimate of drug-likeness (QED) is 0.319. The van der Waals surface area contributed by atoms with Crippen LogP contribution in [0.15, 0.2) is 78.9 Å². The van der Waals surface area contributed by atoms with Crippen LogP contribution in [0, 0.1) is 11.2 Å². The molecule has 206 valence electrons. The van der Waals surface area contributed by atoms with Crippen molar-refractivity contribution in [1.82, 2.24) is 9.80 Å². The fraction of sp³-hybridized carbons (Fsp3) is 0.333. The Bertz CT molecular complexity index is 1250. The number of halogens is 4. The molecule has 0 N–H and O–H groups in total. The third-order valence-electron chi connectivity index (χ3n) is 7.14. The minimum absolute atomic E-state index is 0.0657. The van der Waals surface area contributed by atoms with E-state index in [1.165, 1.54) is 36.4 Å². The van der Waals surface area contributed by atoms with Crippen LogP contribution >= 0.6 is 0 Å². The van der Waals surface area contributed by atoms with E-state index in [1.54, 1.807) is 16.8 Å². The standard InChI is InChI=1S/C30H30F4N2O3/c1-35(20-22-5-3-2-4-6-22)27(37)19-29(21-39-26-13-11-25(31)12-14-26)15-17-36(18-16-29)28(38)23-7-9-24(10-8-23)30(32,33)34/h2-14H,15-21H2,1H3. The fourth-order valence-corrected chi connectivity index (χ4v) is 4.71. The minimum Gasteiger partial charge on any atom is -0.493 e. The van der Waals surface area contributed by atoms with Gasteiger partial charge in [0.1, 0.15) is 11.6 Å². The lowest BCUT2D eigenvalue weighted by molar-refractivity contribution is -0.137. The van der Waals surface area contributed by atoms with Gasteiger partial charge in [0.05, 0.1) is 12.2 Å². The first-order valence-corrected chi connectivity index (χ1v) is 12.7. The van der Waals surface area contributed by atoms with Crippen LogP contribution in [0.1, 0.15) is 40.7 Å². The maximum atomic E-state index is 13.3. The molecule has 9 heteroatoms. The third kappa shape index (κ3) is 7.37.